The first-order valence-corrected chi connectivity index (χ1v) is 6.40. The third kappa shape index (κ3) is 4.31. The summed E-state index contributed by atoms with van der Waals surface area (Å²) in [5.74, 6) is -0.534. The normalized spacial score (nSPS) is 22.7. The zero-order chi connectivity index (χ0) is 15.3. The number of esters is 1. The Balaban J connectivity index is 2.85. The van der Waals surface area contributed by atoms with Gasteiger partial charge in [-0.1, -0.05) is 5.11 Å². The topological polar surface area (TPSA) is 105 Å². The molecule has 1 fully saturated rings. The highest BCUT2D eigenvalue weighted by molar-refractivity contribution is 5.81. The van der Waals surface area contributed by atoms with E-state index in [1.807, 2.05) is 0 Å². The van der Waals surface area contributed by atoms with E-state index >= 15 is 0 Å². The van der Waals surface area contributed by atoms with Crippen LogP contribution in [0, 0.1) is 0 Å². The minimum atomic E-state index is -0.779. The number of methoxy groups -OCH3 is 1. The van der Waals surface area contributed by atoms with E-state index in [2.05, 4.69) is 10.0 Å². The number of rotatable bonds is 2. The molecule has 0 radical (unpaired) electrons. The van der Waals surface area contributed by atoms with Gasteiger partial charge < -0.3 is 9.47 Å². The van der Waals surface area contributed by atoms with Gasteiger partial charge in [0.1, 0.15) is 11.6 Å². The quantitative estimate of drug-likeness (QED) is 0.335. The monoisotopic (exact) mass is 284 g/mol. The highest BCUT2D eigenvalue weighted by Gasteiger charge is 2.38. The molecule has 1 saturated heterocycles. The van der Waals surface area contributed by atoms with E-state index in [-0.39, 0.29) is 12.5 Å². The van der Waals surface area contributed by atoms with E-state index in [9.17, 15) is 9.59 Å². The van der Waals surface area contributed by atoms with Crippen LogP contribution in [0.4, 0.5) is 4.79 Å². The fraction of sp³-hybridized carbons (Fsp3) is 0.833. The molecule has 0 aliphatic carbocycles. The van der Waals surface area contributed by atoms with Crippen LogP contribution in [0.1, 0.15) is 33.6 Å². The number of hydrogen-bond donors (Lipinski definition) is 0. The summed E-state index contributed by atoms with van der Waals surface area (Å²) in [6.07, 6.45) is 0.180. The summed E-state index contributed by atoms with van der Waals surface area (Å²) in [7, 11) is 1.26. The molecule has 2 atom stereocenters. The third-order valence-electron chi connectivity index (χ3n) is 2.89. The molecular weight excluding hydrogens is 264 g/mol. The van der Waals surface area contributed by atoms with Crippen molar-refractivity contribution >= 4 is 12.1 Å². The van der Waals surface area contributed by atoms with Crippen molar-refractivity contribution in [3.63, 3.8) is 0 Å². The summed E-state index contributed by atoms with van der Waals surface area (Å²) in [5, 5.41) is 3.61. The van der Waals surface area contributed by atoms with Crippen LogP contribution in [-0.4, -0.2) is 48.3 Å². The number of carbonyl (C=O) groups is 2. The number of nitrogens with zero attached hydrogens (tertiary/aromatic N) is 4. The maximum absolute atomic E-state index is 12.1. The molecule has 20 heavy (non-hydrogen) atoms. The SMILES string of the molecule is COC(=O)C1CC(N=[N+]=[N-])CCN1C(=O)OC(C)(C)C. The molecule has 1 amide bonds. The molecule has 1 rings (SSSR count). The van der Waals surface area contributed by atoms with Crippen molar-refractivity contribution in [3.05, 3.63) is 10.4 Å². The molecule has 8 nitrogen and oxygen atoms in total. The minimum absolute atomic E-state index is 0.246. The van der Waals surface area contributed by atoms with Crippen molar-refractivity contribution < 1.29 is 19.1 Å². The van der Waals surface area contributed by atoms with E-state index in [0.717, 1.165) is 0 Å². The molecule has 0 saturated carbocycles. The Morgan fingerprint density at radius 3 is 2.55 bits per heavy atom. The van der Waals surface area contributed by atoms with Crippen molar-refractivity contribution in [2.75, 3.05) is 13.7 Å². The van der Waals surface area contributed by atoms with E-state index in [4.69, 9.17) is 15.0 Å². The van der Waals surface area contributed by atoms with Gasteiger partial charge in [-0.15, -0.1) is 0 Å². The highest BCUT2D eigenvalue weighted by atomic mass is 16.6. The van der Waals surface area contributed by atoms with Crippen molar-refractivity contribution in [3.8, 4) is 0 Å². The van der Waals surface area contributed by atoms with Gasteiger partial charge in [0.25, 0.3) is 0 Å². The van der Waals surface area contributed by atoms with Crippen molar-refractivity contribution in [2.45, 2.75) is 51.3 Å². The lowest BCUT2D eigenvalue weighted by atomic mass is 9.98. The number of carbonyl (C=O) groups excluding carboxylic acids is 2. The third-order valence-corrected chi connectivity index (χ3v) is 2.89. The zero-order valence-corrected chi connectivity index (χ0v) is 12.2. The molecule has 1 heterocycles. The zero-order valence-electron chi connectivity index (χ0n) is 12.2. The minimum Gasteiger partial charge on any atom is -0.467 e. The van der Waals surface area contributed by atoms with E-state index in [1.54, 1.807) is 20.8 Å². The van der Waals surface area contributed by atoms with Crippen LogP contribution in [0.3, 0.4) is 0 Å². The largest absolute Gasteiger partial charge is 0.467 e. The van der Waals surface area contributed by atoms with Gasteiger partial charge in [-0.3, -0.25) is 4.90 Å². The fourth-order valence-corrected chi connectivity index (χ4v) is 2.02. The number of azide groups is 1. The molecule has 1 aliphatic heterocycles. The Bertz CT molecular complexity index is 426. The molecule has 0 aromatic carbocycles. The number of ether oxygens (including phenoxy) is 2. The summed E-state index contributed by atoms with van der Waals surface area (Å²) in [4.78, 5) is 28.0. The van der Waals surface area contributed by atoms with Gasteiger partial charge in [-0.05, 0) is 39.1 Å². The lowest BCUT2D eigenvalue weighted by Crippen LogP contribution is -2.52. The van der Waals surface area contributed by atoms with Crippen LogP contribution < -0.4 is 0 Å². The van der Waals surface area contributed by atoms with Gasteiger partial charge in [0.2, 0.25) is 0 Å². The Kier molecular flexibility index (Phi) is 5.21. The second-order valence-corrected chi connectivity index (χ2v) is 5.60. The van der Waals surface area contributed by atoms with Crippen LogP contribution in [0.2, 0.25) is 0 Å². The number of hydrogen-bond acceptors (Lipinski definition) is 5. The summed E-state index contributed by atoms with van der Waals surface area (Å²) >= 11 is 0. The summed E-state index contributed by atoms with van der Waals surface area (Å²) in [5.41, 5.74) is 7.83. The van der Waals surface area contributed by atoms with Crippen molar-refractivity contribution in [1.29, 1.82) is 0 Å². The second kappa shape index (κ2) is 6.47. The van der Waals surface area contributed by atoms with Crippen LogP contribution in [0.15, 0.2) is 5.11 Å². The summed E-state index contributed by atoms with van der Waals surface area (Å²) in [6.45, 7) is 5.55. The van der Waals surface area contributed by atoms with Gasteiger partial charge in [-0.25, -0.2) is 9.59 Å². The number of piperidine rings is 1. The van der Waals surface area contributed by atoms with Gasteiger partial charge in [0.15, 0.2) is 0 Å². The maximum atomic E-state index is 12.1. The smallest absolute Gasteiger partial charge is 0.411 e. The molecular formula is C12H20N4O4. The lowest BCUT2D eigenvalue weighted by molar-refractivity contribution is -0.148. The highest BCUT2D eigenvalue weighted by Crippen LogP contribution is 2.23. The van der Waals surface area contributed by atoms with Gasteiger partial charge in [0.05, 0.1) is 7.11 Å². The number of likely N-dealkylation sites (tertiary alicyclic amines) is 1. The van der Waals surface area contributed by atoms with Gasteiger partial charge in [0, 0.05) is 17.5 Å². The first-order valence-electron chi connectivity index (χ1n) is 6.40. The van der Waals surface area contributed by atoms with Crippen LogP contribution >= 0.6 is 0 Å². The first-order chi connectivity index (χ1) is 9.28. The summed E-state index contributed by atoms with van der Waals surface area (Å²) < 4.78 is 9.98. The average Bonchev–Trinajstić information content (AvgIpc) is 2.36. The van der Waals surface area contributed by atoms with E-state index in [1.165, 1.54) is 12.0 Å². The molecule has 1 aliphatic rings. The summed E-state index contributed by atoms with van der Waals surface area (Å²) in [6, 6.07) is -1.10. The Hall–Kier alpha value is -1.95. The van der Waals surface area contributed by atoms with Crippen LogP contribution in [0.5, 0.6) is 0 Å². The van der Waals surface area contributed by atoms with Crippen LogP contribution in [0.25, 0.3) is 10.4 Å². The second-order valence-electron chi connectivity index (χ2n) is 5.60. The molecule has 0 bridgehead atoms. The molecule has 0 aromatic rings. The van der Waals surface area contributed by atoms with Crippen molar-refractivity contribution in [1.82, 2.24) is 4.90 Å². The molecule has 112 valence electrons. The maximum Gasteiger partial charge on any atom is 0.411 e. The Morgan fingerprint density at radius 1 is 1.40 bits per heavy atom. The Labute approximate surface area is 117 Å². The van der Waals surface area contributed by atoms with Gasteiger partial charge in [-0.2, -0.15) is 0 Å². The molecule has 2 unspecified atom stereocenters. The molecule has 8 heteroatoms. The predicted molar refractivity (Wildman–Crippen MR) is 70.9 cm³/mol. The van der Waals surface area contributed by atoms with Crippen molar-refractivity contribution in [2.24, 2.45) is 5.11 Å². The first kappa shape index (κ1) is 16.1. The predicted octanol–water partition coefficient (Wildman–Crippen LogP) is 2.24. The van der Waals surface area contributed by atoms with E-state index in [0.29, 0.717) is 13.0 Å². The fourth-order valence-electron chi connectivity index (χ4n) is 2.02. The molecule has 0 aromatic heterocycles. The number of amides is 1. The standard InChI is InChI=1S/C12H20N4O4/c1-12(2,3)20-11(18)16-6-5-8(14-15-13)7-9(16)10(17)19-4/h8-9H,5-7H2,1-4H3. The lowest BCUT2D eigenvalue weighted by Gasteiger charge is -2.37. The van der Waals surface area contributed by atoms with Gasteiger partial charge >= 0.3 is 12.1 Å². The molecule has 0 spiro atoms. The average molecular weight is 284 g/mol. The molecule has 0 N–H and O–H groups in total. The van der Waals surface area contributed by atoms with Crippen LogP contribution in [-0.2, 0) is 14.3 Å². The van der Waals surface area contributed by atoms with E-state index < -0.39 is 23.7 Å². The Morgan fingerprint density at radius 2 is 2.05 bits per heavy atom.